The minimum atomic E-state index is -3.65. The van der Waals surface area contributed by atoms with Gasteiger partial charge in [0.25, 0.3) is 0 Å². The van der Waals surface area contributed by atoms with Crippen LogP contribution in [0.2, 0.25) is 4.34 Å². The lowest BCUT2D eigenvalue weighted by atomic mass is 10.1. The first-order chi connectivity index (χ1) is 10.5. The van der Waals surface area contributed by atoms with Crippen LogP contribution in [0.4, 0.5) is 0 Å². The van der Waals surface area contributed by atoms with Crippen molar-refractivity contribution in [1.82, 2.24) is 4.72 Å². The molecular weight excluding hydrogens is 362 g/mol. The topological polar surface area (TPSA) is 66.4 Å². The quantitative estimate of drug-likeness (QED) is 0.717. The van der Waals surface area contributed by atoms with Crippen LogP contribution in [0.25, 0.3) is 10.1 Å². The van der Waals surface area contributed by atoms with Gasteiger partial charge in [0.15, 0.2) is 0 Å². The minimum absolute atomic E-state index is 0.0847. The van der Waals surface area contributed by atoms with Crippen molar-refractivity contribution in [2.75, 3.05) is 6.54 Å². The summed E-state index contributed by atoms with van der Waals surface area (Å²) in [5.74, 6) is 0. The molecule has 0 radical (unpaired) electrons. The molecule has 0 aliphatic rings. The summed E-state index contributed by atoms with van der Waals surface area (Å²) in [5, 5.41) is 13.1. The predicted molar refractivity (Wildman–Crippen MR) is 91.3 cm³/mol. The number of hydrogen-bond donors (Lipinski definition) is 2. The average molecular weight is 374 g/mol. The molecule has 0 bridgehead atoms. The lowest BCUT2D eigenvalue weighted by molar-refractivity contribution is 0.184. The fraction of sp³-hybridized carbons (Fsp3) is 0.143. The summed E-state index contributed by atoms with van der Waals surface area (Å²) in [7, 11) is -3.65. The molecule has 1 atom stereocenters. The molecule has 22 heavy (non-hydrogen) atoms. The van der Waals surface area contributed by atoms with Gasteiger partial charge in [-0.1, -0.05) is 29.8 Å². The van der Waals surface area contributed by atoms with Gasteiger partial charge in [-0.3, -0.25) is 0 Å². The molecule has 0 amide bonds. The fourth-order valence-corrected chi connectivity index (χ4v) is 5.64. The Morgan fingerprint density at radius 1 is 1.23 bits per heavy atom. The zero-order valence-electron chi connectivity index (χ0n) is 11.2. The second-order valence-corrected chi connectivity index (χ2v) is 9.23. The van der Waals surface area contributed by atoms with E-state index in [1.165, 1.54) is 23.5 Å². The standard InChI is InChI=1S/C14H12ClNO3S3/c15-13-5-6-14(21-13)22(18,19)16-7-11(17)10-8-20-12-4-2-1-3-9(10)12/h1-6,8,11,16-17H,7H2/t11-/m1/s1. The number of benzene rings is 1. The Labute approximate surface area is 141 Å². The average Bonchev–Trinajstić information content (AvgIpc) is 3.11. The van der Waals surface area contributed by atoms with E-state index in [9.17, 15) is 13.5 Å². The molecule has 0 saturated heterocycles. The fourth-order valence-electron chi connectivity index (χ4n) is 2.07. The number of rotatable bonds is 5. The van der Waals surface area contributed by atoms with Crippen LogP contribution in [-0.4, -0.2) is 20.1 Å². The lowest BCUT2D eigenvalue weighted by Crippen LogP contribution is -2.27. The third kappa shape index (κ3) is 3.19. The van der Waals surface area contributed by atoms with E-state index in [0.29, 0.717) is 4.34 Å². The highest BCUT2D eigenvalue weighted by atomic mass is 35.5. The summed E-state index contributed by atoms with van der Waals surface area (Å²) in [6.45, 7) is -0.0847. The smallest absolute Gasteiger partial charge is 0.250 e. The first-order valence-electron chi connectivity index (χ1n) is 6.36. The summed E-state index contributed by atoms with van der Waals surface area (Å²) in [4.78, 5) is 0. The lowest BCUT2D eigenvalue weighted by Gasteiger charge is -2.11. The van der Waals surface area contributed by atoms with Crippen molar-refractivity contribution in [1.29, 1.82) is 0 Å². The molecule has 2 aromatic heterocycles. The molecule has 4 nitrogen and oxygen atoms in total. The van der Waals surface area contributed by atoms with Crippen LogP contribution < -0.4 is 4.72 Å². The molecule has 116 valence electrons. The summed E-state index contributed by atoms with van der Waals surface area (Å²) in [5.41, 5.74) is 0.729. The highest BCUT2D eigenvalue weighted by molar-refractivity contribution is 7.91. The van der Waals surface area contributed by atoms with Gasteiger partial charge < -0.3 is 5.11 Å². The van der Waals surface area contributed by atoms with E-state index in [-0.39, 0.29) is 10.8 Å². The summed E-state index contributed by atoms with van der Waals surface area (Å²) >= 11 is 8.26. The number of aliphatic hydroxyl groups excluding tert-OH is 1. The van der Waals surface area contributed by atoms with Crippen LogP contribution >= 0.6 is 34.3 Å². The van der Waals surface area contributed by atoms with Crippen LogP contribution in [0.3, 0.4) is 0 Å². The molecule has 1 aromatic carbocycles. The van der Waals surface area contributed by atoms with E-state index in [2.05, 4.69) is 4.72 Å². The number of thiophene rings is 2. The van der Waals surface area contributed by atoms with Crippen LogP contribution in [0.5, 0.6) is 0 Å². The van der Waals surface area contributed by atoms with Gasteiger partial charge in [-0.25, -0.2) is 13.1 Å². The number of hydrogen-bond acceptors (Lipinski definition) is 5. The molecule has 0 unspecified atom stereocenters. The van der Waals surface area contributed by atoms with Gasteiger partial charge in [-0.15, -0.1) is 22.7 Å². The van der Waals surface area contributed by atoms with Crippen LogP contribution in [-0.2, 0) is 10.0 Å². The first-order valence-corrected chi connectivity index (χ1v) is 9.92. The van der Waals surface area contributed by atoms with Gasteiger partial charge in [-0.2, -0.15) is 0 Å². The Morgan fingerprint density at radius 2 is 2.00 bits per heavy atom. The largest absolute Gasteiger partial charge is 0.387 e. The zero-order valence-corrected chi connectivity index (χ0v) is 14.4. The number of nitrogens with one attached hydrogen (secondary N) is 1. The van der Waals surface area contributed by atoms with Gasteiger partial charge in [0.2, 0.25) is 10.0 Å². The highest BCUT2D eigenvalue weighted by Gasteiger charge is 2.20. The molecule has 2 N–H and O–H groups in total. The predicted octanol–water partition coefficient (Wildman–Crippen LogP) is 3.63. The van der Waals surface area contributed by atoms with E-state index >= 15 is 0 Å². The molecule has 3 aromatic rings. The molecule has 0 saturated carbocycles. The highest BCUT2D eigenvalue weighted by Crippen LogP contribution is 2.30. The summed E-state index contributed by atoms with van der Waals surface area (Å²) in [6, 6.07) is 10.7. The first kappa shape index (κ1) is 15.9. The van der Waals surface area contributed by atoms with Crippen molar-refractivity contribution in [3.05, 3.63) is 51.7 Å². The van der Waals surface area contributed by atoms with Crippen LogP contribution in [0.15, 0.2) is 46.0 Å². The Bertz CT molecular complexity index is 901. The maximum atomic E-state index is 12.1. The van der Waals surface area contributed by atoms with Crippen LogP contribution in [0, 0.1) is 0 Å². The molecular formula is C14H12ClNO3S3. The normalized spacial score (nSPS) is 13.5. The number of sulfonamides is 1. The number of fused-ring (bicyclic) bond motifs is 1. The van der Waals surface area contributed by atoms with Gasteiger partial charge in [-0.05, 0) is 29.0 Å². The Balaban J connectivity index is 1.76. The Kier molecular flexibility index (Phi) is 4.54. The van der Waals surface area contributed by atoms with Crippen molar-refractivity contribution in [3.8, 4) is 0 Å². The molecule has 2 heterocycles. The van der Waals surface area contributed by atoms with Crippen molar-refractivity contribution < 1.29 is 13.5 Å². The number of aliphatic hydroxyl groups is 1. The summed E-state index contributed by atoms with van der Waals surface area (Å²) < 4.78 is 28.3. The van der Waals surface area contributed by atoms with Gasteiger partial charge in [0.05, 0.1) is 10.4 Å². The van der Waals surface area contributed by atoms with E-state index in [4.69, 9.17) is 11.6 Å². The number of halogens is 1. The third-order valence-corrected chi connectivity index (χ3v) is 7.28. The summed E-state index contributed by atoms with van der Waals surface area (Å²) in [6.07, 6.45) is -0.902. The SMILES string of the molecule is O=S(=O)(NC[C@@H](O)c1csc2ccccc12)c1ccc(Cl)s1. The monoisotopic (exact) mass is 373 g/mol. The van der Waals surface area contributed by atoms with Crippen molar-refractivity contribution in [3.63, 3.8) is 0 Å². The molecule has 0 spiro atoms. The maximum Gasteiger partial charge on any atom is 0.250 e. The van der Waals surface area contributed by atoms with Crippen LogP contribution in [0.1, 0.15) is 11.7 Å². The van der Waals surface area contributed by atoms with E-state index in [1.54, 1.807) is 0 Å². The van der Waals surface area contributed by atoms with Crippen molar-refractivity contribution >= 4 is 54.4 Å². The second kappa shape index (κ2) is 6.27. The Hall–Kier alpha value is -0.960. The van der Waals surface area contributed by atoms with Gasteiger partial charge in [0.1, 0.15) is 4.21 Å². The molecule has 8 heteroatoms. The third-order valence-electron chi connectivity index (χ3n) is 3.15. The van der Waals surface area contributed by atoms with Gasteiger partial charge >= 0.3 is 0 Å². The van der Waals surface area contributed by atoms with Crippen molar-refractivity contribution in [2.24, 2.45) is 0 Å². The molecule has 0 fully saturated rings. The van der Waals surface area contributed by atoms with E-state index in [0.717, 1.165) is 27.0 Å². The second-order valence-electron chi connectivity index (χ2n) is 4.61. The zero-order chi connectivity index (χ0) is 15.7. The Morgan fingerprint density at radius 3 is 2.73 bits per heavy atom. The minimum Gasteiger partial charge on any atom is -0.387 e. The van der Waals surface area contributed by atoms with Gasteiger partial charge in [0, 0.05) is 16.8 Å². The molecule has 0 aliphatic heterocycles. The van der Waals surface area contributed by atoms with E-state index in [1.807, 2.05) is 29.6 Å². The molecule has 3 rings (SSSR count). The van der Waals surface area contributed by atoms with E-state index < -0.39 is 16.1 Å². The van der Waals surface area contributed by atoms with Crippen molar-refractivity contribution in [2.45, 2.75) is 10.3 Å². The maximum absolute atomic E-state index is 12.1. The molecule has 0 aliphatic carbocycles.